The van der Waals surface area contributed by atoms with Gasteiger partial charge in [-0.3, -0.25) is 9.59 Å². The summed E-state index contributed by atoms with van der Waals surface area (Å²) in [6, 6.07) is 6.34. The van der Waals surface area contributed by atoms with Crippen LogP contribution in [0, 0.1) is 12.7 Å². The molecule has 4 rings (SSSR count). The third-order valence-corrected chi connectivity index (χ3v) is 5.42. The summed E-state index contributed by atoms with van der Waals surface area (Å²) >= 11 is 0. The summed E-state index contributed by atoms with van der Waals surface area (Å²) in [5, 5.41) is 0. The molecule has 4 nitrogen and oxygen atoms in total. The van der Waals surface area contributed by atoms with Crippen molar-refractivity contribution < 1.29 is 14.0 Å². The number of carbonyl (C=O) groups excluding carboxylic acids is 2. The Kier molecular flexibility index (Phi) is 3.94. The Balaban J connectivity index is 1.66. The number of aromatic nitrogens is 1. The summed E-state index contributed by atoms with van der Waals surface area (Å²) in [7, 11) is 0. The van der Waals surface area contributed by atoms with Crippen molar-refractivity contribution in [2.45, 2.75) is 45.1 Å². The molecule has 25 heavy (non-hydrogen) atoms. The van der Waals surface area contributed by atoms with E-state index >= 15 is 0 Å². The van der Waals surface area contributed by atoms with E-state index in [-0.39, 0.29) is 23.5 Å². The highest BCUT2D eigenvalue weighted by Gasteiger charge is 2.34. The van der Waals surface area contributed by atoms with Gasteiger partial charge in [0.2, 0.25) is 0 Å². The van der Waals surface area contributed by atoms with Gasteiger partial charge in [-0.2, -0.15) is 0 Å². The number of nitrogens with one attached hydrogen (secondary N) is 1. The van der Waals surface area contributed by atoms with Crippen molar-refractivity contribution in [2.24, 2.45) is 0 Å². The number of aromatic amines is 1. The molecule has 1 fully saturated rings. The molecule has 1 aromatic heterocycles. The molecule has 130 valence electrons. The van der Waals surface area contributed by atoms with E-state index in [0.29, 0.717) is 24.2 Å². The SMILES string of the molecule is Cc1c(C(=O)N2CCCC2c2ccc(F)cc2)[nH]c2c1C(=O)CCC2. The minimum absolute atomic E-state index is 0.0384. The second kappa shape index (κ2) is 6.14. The van der Waals surface area contributed by atoms with Crippen molar-refractivity contribution in [3.8, 4) is 0 Å². The second-order valence-corrected chi connectivity index (χ2v) is 6.96. The fraction of sp³-hybridized carbons (Fsp3) is 0.400. The van der Waals surface area contributed by atoms with Gasteiger partial charge in [-0.1, -0.05) is 12.1 Å². The Morgan fingerprint density at radius 1 is 1.20 bits per heavy atom. The first kappa shape index (κ1) is 16.1. The van der Waals surface area contributed by atoms with Crippen LogP contribution >= 0.6 is 0 Å². The van der Waals surface area contributed by atoms with Crippen molar-refractivity contribution in [1.29, 1.82) is 0 Å². The molecule has 1 unspecified atom stereocenters. The summed E-state index contributed by atoms with van der Waals surface area (Å²) < 4.78 is 13.2. The van der Waals surface area contributed by atoms with E-state index in [9.17, 15) is 14.0 Å². The number of aryl methyl sites for hydroxylation is 1. The predicted octanol–water partition coefficient (Wildman–Crippen LogP) is 3.96. The summed E-state index contributed by atoms with van der Waals surface area (Å²) in [5.74, 6) is -0.205. The summed E-state index contributed by atoms with van der Waals surface area (Å²) in [5.41, 5.74) is 3.88. The number of rotatable bonds is 2. The highest BCUT2D eigenvalue weighted by atomic mass is 19.1. The molecule has 2 heterocycles. The van der Waals surface area contributed by atoms with Gasteiger partial charge in [-0.05, 0) is 55.9 Å². The van der Waals surface area contributed by atoms with Crippen LogP contribution in [-0.4, -0.2) is 28.1 Å². The quantitative estimate of drug-likeness (QED) is 0.900. The van der Waals surface area contributed by atoms with Crippen molar-refractivity contribution in [3.63, 3.8) is 0 Å². The van der Waals surface area contributed by atoms with Gasteiger partial charge in [0, 0.05) is 24.2 Å². The predicted molar refractivity (Wildman–Crippen MR) is 92.2 cm³/mol. The fourth-order valence-electron chi connectivity index (χ4n) is 4.17. The monoisotopic (exact) mass is 340 g/mol. The summed E-state index contributed by atoms with van der Waals surface area (Å²) in [4.78, 5) is 30.4. The molecule has 0 spiro atoms. The molecule has 1 N–H and O–H groups in total. The van der Waals surface area contributed by atoms with Crippen LogP contribution < -0.4 is 0 Å². The van der Waals surface area contributed by atoms with Gasteiger partial charge in [-0.15, -0.1) is 0 Å². The topological polar surface area (TPSA) is 53.2 Å². The van der Waals surface area contributed by atoms with Crippen molar-refractivity contribution in [2.75, 3.05) is 6.54 Å². The summed E-state index contributed by atoms with van der Waals surface area (Å²) in [6.45, 7) is 2.53. The fourth-order valence-corrected chi connectivity index (χ4v) is 4.17. The number of Topliss-reactive ketones (excluding diaryl/α,β-unsaturated/α-hetero) is 1. The van der Waals surface area contributed by atoms with E-state index in [1.54, 1.807) is 12.1 Å². The van der Waals surface area contributed by atoms with E-state index in [1.165, 1.54) is 12.1 Å². The van der Waals surface area contributed by atoms with E-state index in [0.717, 1.165) is 42.5 Å². The maximum atomic E-state index is 13.2. The average molecular weight is 340 g/mol. The number of benzene rings is 1. The second-order valence-electron chi connectivity index (χ2n) is 6.96. The molecule has 0 saturated carbocycles. The van der Waals surface area contributed by atoms with Gasteiger partial charge in [0.1, 0.15) is 11.5 Å². The molecule has 1 saturated heterocycles. The largest absolute Gasteiger partial charge is 0.354 e. The number of hydrogen-bond donors (Lipinski definition) is 1. The maximum Gasteiger partial charge on any atom is 0.271 e. The van der Waals surface area contributed by atoms with E-state index in [1.807, 2.05) is 11.8 Å². The molecule has 1 aliphatic heterocycles. The summed E-state index contributed by atoms with van der Waals surface area (Å²) in [6.07, 6.45) is 4.00. The molecular formula is C20H21FN2O2. The lowest BCUT2D eigenvalue weighted by atomic mass is 9.93. The van der Waals surface area contributed by atoms with Crippen LogP contribution in [0.1, 0.15) is 69.4 Å². The molecule has 1 atom stereocenters. The molecule has 2 aliphatic rings. The van der Waals surface area contributed by atoms with Crippen LogP contribution in [0.3, 0.4) is 0 Å². The minimum atomic E-state index is -0.272. The first-order valence-electron chi connectivity index (χ1n) is 8.87. The van der Waals surface area contributed by atoms with Gasteiger partial charge < -0.3 is 9.88 Å². The van der Waals surface area contributed by atoms with Crippen molar-refractivity contribution in [3.05, 3.63) is 58.2 Å². The number of fused-ring (bicyclic) bond motifs is 1. The highest BCUT2D eigenvalue weighted by Crippen LogP contribution is 2.35. The molecular weight excluding hydrogens is 319 g/mol. The molecule has 1 aromatic carbocycles. The van der Waals surface area contributed by atoms with Gasteiger partial charge in [0.25, 0.3) is 5.91 Å². The van der Waals surface area contributed by atoms with Crippen LogP contribution in [0.15, 0.2) is 24.3 Å². The van der Waals surface area contributed by atoms with Crippen molar-refractivity contribution >= 4 is 11.7 Å². The highest BCUT2D eigenvalue weighted by molar-refractivity contribution is 6.04. The number of hydrogen-bond acceptors (Lipinski definition) is 2. The zero-order valence-electron chi connectivity index (χ0n) is 14.3. The van der Waals surface area contributed by atoms with E-state index in [2.05, 4.69) is 4.98 Å². The lowest BCUT2D eigenvalue weighted by Gasteiger charge is -2.25. The van der Waals surface area contributed by atoms with Crippen LogP contribution in [0.4, 0.5) is 4.39 Å². The number of nitrogens with zero attached hydrogens (tertiary/aromatic N) is 1. The number of likely N-dealkylation sites (tertiary alicyclic amines) is 1. The Hall–Kier alpha value is -2.43. The van der Waals surface area contributed by atoms with E-state index < -0.39 is 0 Å². The number of ketones is 1. The number of amides is 1. The van der Waals surface area contributed by atoms with Gasteiger partial charge in [-0.25, -0.2) is 4.39 Å². The zero-order chi connectivity index (χ0) is 17.6. The normalized spacial score (nSPS) is 20.0. The first-order chi connectivity index (χ1) is 12.1. The molecule has 0 bridgehead atoms. The van der Waals surface area contributed by atoms with Crippen molar-refractivity contribution in [1.82, 2.24) is 9.88 Å². The van der Waals surface area contributed by atoms with E-state index in [4.69, 9.17) is 0 Å². The lowest BCUT2D eigenvalue weighted by molar-refractivity contribution is 0.0729. The van der Waals surface area contributed by atoms with Crippen LogP contribution in [0.25, 0.3) is 0 Å². The number of carbonyl (C=O) groups is 2. The van der Waals surface area contributed by atoms with Crippen LogP contribution in [-0.2, 0) is 6.42 Å². The smallest absolute Gasteiger partial charge is 0.271 e. The average Bonchev–Trinajstić information content (AvgIpc) is 3.21. The van der Waals surface area contributed by atoms with Gasteiger partial charge in [0.15, 0.2) is 5.78 Å². The third kappa shape index (κ3) is 2.68. The Bertz CT molecular complexity index is 838. The Labute approximate surface area is 146 Å². The number of halogens is 1. The molecule has 1 aliphatic carbocycles. The zero-order valence-corrected chi connectivity index (χ0v) is 14.3. The van der Waals surface area contributed by atoms with Crippen LogP contribution in [0.5, 0.6) is 0 Å². The van der Waals surface area contributed by atoms with Gasteiger partial charge in [0.05, 0.1) is 6.04 Å². The Morgan fingerprint density at radius 2 is 1.96 bits per heavy atom. The molecule has 2 aromatic rings. The first-order valence-corrected chi connectivity index (χ1v) is 8.87. The molecule has 5 heteroatoms. The van der Waals surface area contributed by atoms with Crippen LogP contribution in [0.2, 0.25) is 0 Å². The standard InChI is InChI=1S/C20H21FN2O2/c1-12-18-15(4-2-6-17(18)24)22-19(12)20(25)23-11-3-5-16(23)13-7-9-14(21)10-8-13/h7-10,16,22H,2-6,11H2,1H3. The van der Waals surface area contributed by atoms with Gasteiger partial charge >= 0.3 is 0 Å². The Morgan fingerprint density at radius 3 is 2.68 bits per heavy atom. The minimum Gasteiger partial charge on any atom is -0.354 e. The maximum absolute atomic E-state index is 13.2. The number of H-pyrrole nitrogens is 1. The third-order valence-electron chi connectivity index (χ3n) is 5.42. The molecule has 0 radical (unpaired) electrons. The lowest BCUT2D eigenvalue weighted by Crippen LogP contribution is -2.31. The molecule has 1 amide bonds.